The number of hydrogen-bond donors (Lipinski definition) is 1. The van der Waals surface area contributed by atoms with Crippen molar-refractivity contribution in [3.63, 3.8) is 0 Å². The summed E-state index contributed by atoms with van der Waals surface area (Å²) in [6.07, 6.45) is 5.10. The van der Waals surface area contributed by atoms with E-state index in [1.54, 1.807) is 0 Å². The summed E-state index contributed by atoms with van der Waals surface area (Å²) in [6, 6.07) is 11.5. The Morgan fingerprint density at radius 2 is 1.84 bits per heavy atom. The maximum atomic E-state index is 6.13. The molecule has 2 fully saturated rings. The molecular weight excluding hydrogens is 234 g/mol. The van der Waals surface area contributed by atoms with Gasteiger partial charge in [-0.05, 0) is 44.9 Å². The molecule has 0 aromatic heterocycles. The fourth-order valence-corrected chi connectivity index (χ4v) is 3.37. The number of nitrogens with zero attached hydrogens (tertiary/aromatic N) is 2. The van der Waals surface area contributed by atoms with Gasteiger partial charge in [-0.15, -0.1) is 0 Å². The average Bonchev–Trinajstić information content (AvgIpc) is 3.32. The Kier molecular flexibility index (Phi) is 3.50. The number of piperidine rings is 1. The van der Waals surface area contributed by atoms with Crippen LogP contribution in [0.4, 0.5) is 5.69 Å². The Balaban J connectivity index is 1.67. The number of likely N-dealkylation sites (N-methyl/N-ethyl adjacent to an activating group) is 1. The van der Waals surface area contributed by atoms with Crippen molar-refractivity contribution >= 4 is 5.69 Å². The summed E-state index contributed by atoms with van der Waals surface area (Å²) in [5.74, 6) is 0. The molecule has 1 aliphatic carbocycles. The third-order valence-electron chi connectivity index (χ3n) is 5.04. The summed E-state index contributed by atoms with van der Waals surface area (Å²) in [7, 11) is 2.28. The zero-order chi connectivity index (χ0) is 13.3. The van der Waals surface area contributed by atoms with E-state index in [0.29, 0.717) is 0 Å². The van der Waals surface area contributed by atoms with Gasteiger partial charge in [0.2, 0.25) is 0 Å². The Bertz CT molecular complexity index is 405. The summed E-state index contributed by atoms with van der Waals surface area (Å²) in [4.78, 5) is 5.07. The molecule has 0 bridgehead atoms. The van der Waals surface area contributed by atoms with E-state index in [9.17, 15) is 0 Å². The van der Waals surface area contributed by atoms with Crippen LogP contribution in [0, 0.1) is 0 Å². The second-order valence-electron chi connectivity index (χ2n) is 6.09. The molecule has 2 aliphatic rings. The van der Waals surface area contributed by atoms with Gasteiger partial charge in [0.25, 0.3) is 0 Å². The van der Waals surface area contributed by atoms with Crippen LogP contribution in [0.3, 0.4) is 0 Å². The second-order valence-corrected chi connectivity index (χ2v) is 6.09. The summed E-state index contributed by atoms with van der Waals surface area (Å²) >= 11 is 0. The van der Waals surface area contributed by atoms with Gasteiger partial charge in [0.15, 0.2) is 0 Å². The summed E-state index contributed by atoms with van der Waals surface area (Å²) in [5, 5.41) is 0. The van der Waals surface area contributed by atoms with E-state index in [4.69, 9.17) is 5.73 Å². The van der Waals surface area contributed by atoms with Crippen LogP contribution < -0.4 is 10.6 Å². The standard InChI is InChI=1S/C16H25N3/c1-18(14-7-8-14)16(13-17)9-11-19(12-10-16)15-5-3-2-4-6-15/h2-6,14H,7-13,17H2,1H3. The lowest BCUT2D eigenvalue weighted by Gasteiger charge is -2.47. The summed E-state index contributed by atoms with van der Waals surface area (Å²) < 4.78 is 0. The monoisotopic (exact) mass is 259 g/mol. The first-order valence-electron chi connectivity index (χ1n) is 7.48. The van der Waals surface area contributed by atoms with Crippen LogP contribution in [-0.2, 0) is 0 Å². The molecule has 1 heterocycles. The van der Waals surface area contributed by atoms with Crippen LogP contribution in [0.2, 0.25) is 0 Å². The lowest BCUT2D eigenvalue weighted by molar-refractivity contribution is 0.0889. The van der Waals surface area contributed by atoms with Gasteiger partial charge in [-0.25, -0.2) is 0 Å². The molecule has 3 rings (SSSR count). The quantitative estimate of drug-likeness (QED) is 0.898. The van der Waals surface area contributed by atoms with Crippen LogP contribution >= 0.6 is 0 Å². The molecule has 1 aromatic carbocycles. The first kappa shape index (κ1) is 12.9. The lowest BCUT2D eigenvalue weighted by Crippen LogP contribution is -2.58. The number of rotatable bonds is 4. The summed E-state index contributed by atoms with van der Waals surface area (Å²) in [6.45, 7) is 3.04. The first-order valence-corrected chi connectivity index (χ1v) is 7.48. The van der Waals surface area contributed by atoms with Crippen molar-refractivity contribution < 1.29 is 0 Å². The highest BCUT2D eigenvalue weighted by Crippen LogP contribution is 2.37. The van der Waals surface area contributed by atoms with Gasteiger partial charge in [-0.3, -0.25) is 4.90 Å². The number of nitrogens with two attached hydrogens (primary N) is 1. The van der Waals surface area contributed by atoms with E-state index in [-0.39, 0.29) is 5.54 Å². The van der Waals surface area contributed by atoms with Crippen molar-refractivity contribution in [1.29, 1.82) is 0 Å². The Morgan fingerprint density at radius 1 is 1.21 bits per heavy atom. The van der Waals surface area contributed by atoms with Crippen LogP contribution in [0.5, 0.6) is 0 Å². The highest BCUT2D eigenvalue weighted by molar-refractivity contribution is 5.46. The predicted molar refractivity (Wildman–Crippen MR) is 80.5 cm³/mol. The van der Waals surface area contributed by atoms with E-state index >= 15 is 0 Å². The maximum absolute atomic E-state index is 6.13. The normalized spacial score (nSPS) is 22.8. The molecule has 0 amide bonds. The van der Waals surface area contributed by atoms with E-state index in [1.807, 2.05) is 0 Å². The number of para-hydroxylation sites is 1. The molecule has 3 heteroatoms. The van der Waals surface area contributed by atoms with Crippen molar-refractivity contribution in [2.75, 3.05) is 31.6 Å². The van der Waals surface area contributed by atoms with Gasteiger partial charge in [0.05, 0.1) is 0 Å². The third kappa shape index (κ3) is 2.49. The van der Waals surface area contributed by atoms with Gasteiger partial charge in [0.1, 0.15) is 0 Å². The molecule has 1 saturated heterocycles. The molecule has 1 aliphatic heterocycles. The van der Waals surface area contributed by atoms with Crippen LogP contribution in [-0.4, -0.2) is 43.2 Å². The molecule has 19 heavy (non-hydrogen) atoms. The Morgan fingerprint density at radius 3 is 2.37 bits per heavy atom. The van der Waals surface area contributed by atoms with Crippen LogP contribution in [0.15, 0.2) is 30.3 Å². The zero-order valence-corrected chi connectivity index (χ0v) is 11.9. The molecular formula is C16H25N3. The molecule has 3 nitrogen and oxygen atoms in total. The van der Waals surface area contributed by atoms with Crippen molar-refractivity contribution in [3.8, 4) is 0 Å². The molecule has 0 atom stereocenters. The molecule has 104 valence electrons. The molecule has 0 unspecified atom stereocenters. The highest BCUT2D eigenvalue weighted by atomic mass is 15.3. The minimum absolute atomic E-state index is 0.243. The fourth-order valence-electron chi connectivity index (χ4n) is 3.37. The minimum atomic E-state index is 0.243. The largest absolute Gasteiger partial charge is 0.371 e. The molecule has 0 spiro atoms. The van der Waals surface area contributed by atoms with Crippen molar-refractivity contribution in [2.24, 2.45) is 5.73 Å². The Hall–Kier alpha value is -1.06. The third-order valence-corrected chi connectivity index (χ3v) is 5.04. The van der Waals surface area contributed by atoms with Gasteiger partial charge in [-0.1, -0.05) is 18.2 Å². The highest BCUT2D eigenvalue weighted by Gasteiger charge is 2.42. The van der Waals surface area contributed by atoms with Crippen LogP contribution in [0.1, 0.15) is 25.7 Å². The number of hydrogen-bond acceptors (Lipinski definition) is 3. The molecule has 2 N–H and O–H groups in total. The second kappa shape index (κ2) is 5.14. The van der Waals surface area contributed by atoms with Gasteiger partial charge in [-0.2, -0.15) is 0 Å². The van der Waals surface area contributed by atoms with E-state index in [2.05, 4.69) is 47.2 Å². The lowest BCUT2D eigenvalue weighted by atomic mass is 9.85. The van der Waals surface area contributed by atoms with Crippen molar-refractivity contribution in [3.05, 3.63) is 30.3 Å². The number of anilines is 1. The van der Waals surface area contributed by atoms with Crippen LogP contribution in [0.25, 0.3) is 0 Å². The molecule has 0 radical (unpaired) electrons. The van der Waals surface area contributed by atoms with Gasteiger partial charge >= 0.3 is 0 Å². The smallest absolute Gasteiger partial charge is 0.0366 e. The fraction of sp³-hybridized carbons (Fsp3) is 0.625. The van der Waals surface area contributed by atoms with E-state index in [0.717, 1.165) is 25.7 Å². The minimum Gasteiger partial charge on any atom is -0.371 e. The molecule has 1 aromatic rings. The first-order chi connectivity index (χ1) is 9.25. The maximum Gasteiger partial charge on any atom is 0.0366 e. The van der Waals surface area contributed by atoms with E-state index in [1.165, 1.54) is 31.4 Å². The summed E-state index contributed by atoms with van der Waals surface area (Å²) in [5.41, 5.74) is 7.72. The van der Waals surface area contributed by atoms with Gasteiger partial charge in [0, 0.05) is 36.9 Å². The number of benzene rings is 1. The topological polar surface area (TPSA) is 32.5 Å². The van der Waals surface area contributed by atoms with Gasteiger partial charge < -0.3 is 10.6 Å². The zero-order valence-electron chi connectivity index (χ0n) is 11.9. The molecule has 1 saturated carbocycles. The van der Waals surface area contributed by atoms with E-state index < -0.39 is 0 Å². The Labute approximate surface area is 116 Å². The van der Waals surface area contributed by atoms with Crippen molar-refractivity contribution in [1.82, 2.24) is 4.90 Å². The SMILES string of the molecule is CN(C1CC1)C1(CN)CCN(c2ccccc2)CC1. The van der Waals surface area contributed by atoms with Crippen molar-refractivity contribution in [2.45, 2.75) is 37.3 Å². The predicted octanol–water partition coefficient (Wildman–Crippen LogP) is 2.08. The average molecular weight is 259 g/mol.